The second kappa shape index (κ2) is 5.53. The maximum atomic E-state index is 12.1. The number of nitrogens with one attached hydrogen (secondary N) is 2. The van der Waals surface area contributed by atoms with Crippen LogP contribution in [0, 0.1) is 0 Å². The molecule has 4 heteroatoms. The predicted molar refractivity (Wildman–Crippen MR) is 64.4 cm³/mol. The molecule has 0 bridgehead atoms. The van der Waals surface area contributed by atoms with Gasteiger partial charge in [-0.2, -0.15) is 0 Å². The average molecular weight is 225 g/mol. The molecule has 2 amide bonds. The molecule has 1 atom stereocenters. The Hall–Kier alpha value is -0.770. The number of rotatable bonds is 1. The van der Waals surface area contributed by atoms with E-state index in [-0.39, 0.29) is 6.03 Å². The van der Waals surface area contributed by atoms with E-state index in [9.17, 15) is 4.79 Å². The third kappa shape index (κ3) is 2.88. The normalized spacial score (nSPS) is 27.8. The molecule has 1 unspecified atom stereocenters. The van der Waals surface area contributed by atoms with Crippen LogP contribution in [0.2, 0.25) is 0 Å². The molecule has 1 saturated heterocycles. The maximum Gasteiger partial charge on any atom is 0.317 e. The van der Waals surface area contributed by atoms with Gasteiger partial charge in [0.2, 0.25) is 0 Å². The van der Waals surface area contributed by atoms with Gasteiger partial charge >= 0.3 is 6.03 Å². The monoisotopic (exact) mass is 225 g/mol. The number of amides is 2. The number of carbonyl (C=O) groups excluding carboxylic acids is 1. The van der Waals surface area contributed by atoms with Crippen molar-refractivity contribution in [2.24, 2.45) is 0 Å². The van der Waals surface area contributed by atoms with Crippen LogP contribution in [0.5, 0.6) is 0 Å². The highest BCUT2D eigenvalue weighted by Crippen LogP contribution is 2.17. The molecule has 2 rings (SSSR count). The van der Waals surface area contributed by atoms with Crippen LogP contribution < -0.4 is 10.6 Å². The SMILES string of the molecule is CC1CNCCN1C(=O)NC1CCCCC1. The van der Waals surface area contributed by atoms with Crippen LogP contribution in [0.3, 0.4) is 0 Å². The first kappa shape index (κ1) is 11.7. The molecular weight excluding hydrogens is 202 g/mol. The molecule has 2 aliphatic rings. The van der Waals surface area contributed by atoms with E-state index in [4.69, 9.17) is 0 Å². The highest BCUT2D eigenvalue weighted by atomic mass is 16.2. The van der Waals surface area contributed by atoms with Gasteiger partial charge in [-0.3, -0.25) is 0 Å². The second-order valence-corrected chi connectivity index (χ2v) is 5.03. The smallest absolute Gasteiger partial charge is 0.317 e. The fourth-order valence-electron chi connectivity index (χ4n) is 2.65. The first-order valence-electron chi connectivity index (χ1n) is 6.55. The summed E-state index contributed by atoms with van der Waals surface area (Å²) in [7, 11) is 0. The number of nitrogens with zero attached hydrogens (tertiary/aromatic N) is 1. The first-order valence-corrected chi connectivity index (χ1v) is 6.55. The quantitative estimate of drug-likeness (QED) is 0.707. The molecule has 0 radical (unpaired) electrons. The molecule has 1 heterocycles. The van der Waals surface area contributed by atoms with Crippen molar-refractivity contribution >= 4 is 6.03 Å². The fraction of sp³-hybridized carbons (Fsp3) is 0.917. The summed E-state index contributed by atoms with van der Waals surface area (Å²) in [6.45, 7) is 4.77. The molecule has 2 N–H and O–H groups in total. The number of urea groups is 1. The van der Waals surface area contributed by atoms with Gasteiger partial charge in [-0.05, 0) is 19.8 Å². The van der Waals surface area contributed by atoms with Crippen LogP contribution in [0.25, 0.3) is 0 Å². The zero-order valence-electron chi connectivity index (χ0n) is 10.2. The summed E-state index contributed by atoms with van der Waals surface area (Å²) in [5.74, 6) is 0. The summed E-state index contributed by atoms with van der Waals surface area (Å²) in [6, 6.07) is 0.876. The van der Waals surface area contributed by atoms with Gasteiger partial charge in [-0.15, -0.1) is 0 Å². The van der Waals surface area contributed by atoms with Crippen LogP contribution >= 0.6 is 0 Å². The Labute approximate surface area is 97.8 Å². The summed E-state index contributed by atoms with van der Waals surface area (Å²) < 4.78 is 0. The van der Waals surface area contributed by atoms with Crippen molar-refractivity contribution in [2.45, 2.75) is 51.1 Å². The third-order valence-electron chi connectivity index (χ3n) is 3.69. The standard InChI is InChI=1S/C12H23N3O/c1-10-9-13-7-8-15(10)12(16)14-11-5-3-2-4-6-11/h10-11,13H,2-9H2,1H3,(H,14,16). The van der Waals surface area contributed by atoms with Gasteiger partial charge in [0.1, 0.15) is 0 Å². The molecule has 2 fully saturated rings. The summed E-state index contributed by atoms with van der Waals surface area (Å²) >= 11 is 0. The molecule has 1 saturated carbocycles. The van der Waals surface area contributed by atoms with E-state index >= 15 is 0 Å². The van der Waals surface area contributed by atoms with Crippen molar-refractivity contribution in [3.8, 4) is 0 Å². The number of hydrogen-bond acceptors (Lipinski definition) is 2. The lowest BCUT2D eigenvalue weighted by Gasteiger charge is -2.35. The number of piperazine rings is 1. The Kier molecular flexibility index (Phi) is 4.04. The number of carbonyl (C=O) groups is 1. The molecule has 1 aliphatic carbocycles. The van der Waals surface area contributed by atoms with Crippen LogP contribution in [0.15, 0.2) is 0 Å². The Morgan fingerprint density at radius 1 is 1.31 bits per heavy atom. The lowest BCUT2D eigenvalue weighted by atomic mass is 9.96. The van der Waals surface area contributed by atoms with Crippen molar-refractivity contribution in [3.05, 3.63) is 0 Å². The molecule has 1 aliphatic heterocycles. The van der Waals surface area contributed by atoms with E-state index < -0.39 is 0 Å². The largest absolute Gasteiger partial charge is 0.335 e. The molecule has 0 aromatic rings. The molecule has 4 nitrogen and oxygen atoms in total. The summed E-state index contributed by atoms with van der Waals surface area (Å²) in [5.41, 5.74) is 0. The van der Waals surface area contributed by atoms with Crippen LogP contribution in [0.4, 0.5) is 4.79 Å². The van der Waals surface area contributed by atoms with E-state index in [2.05, 4.69) is 17.6 Å². The van der Waals surface area contributed by atoms with Crippen LogP contribution in [-0.2, 0) is 0 Å². The molecule has 0 aromatic heterocycles. The van der Waals surface area contributed by atoms with Crippen molar-refractivity contribution in [2.75, 3.05) is 19.6 Å². The Bertz CT molecular complexity index is 238. The predicted octanol–water partition coefficient (Wildman–Crippen LogP) is 1.32. The van der Waals surface area contributed by atoms with Gasteiger partial charge in [0.15, 0.2) is 0 Å². The van der Waals surface area contributed by atoms with Crippen molar-refractivity contribution < 1.29 is 4.79 Å². The molecule has 0 spiro atoms. The maximum absolute atomic E-state index is 12.1. The third-order valence-corrected chi connectivity index (χ3v) is 3.69. The topological polar surface area (TPSA) is 44.4 Å². The lowest BCUT2D eigenvalue weighted by Crippen LogP contribution is -2.56. The van der Waals surface area contributed by atoms with Gasteiger partial charge < -0.3 is 15.5 Å². The van der Waals surface area contributed by atoms with E-state index in [0.29, 0.717) is 12.1 Å². The summed E-state index contributed by atoms with van der Waals surface area (Å²) in [6.07, 6.45) is 6.18. The zero-order valence-corrected chi connectivity index (χ0v) is 10.2. The zero-order chi connectivity index (χ0) is 11.4. The van der Waals surface area contributed by atoms with Gasteiger partial charge in [0.05, 0.1) is 0 Å². The Morgan fingerprint density at radius 3 is 2.75 bits per heavy atom. The van der Waals surface area contributed by atoms with E-state index in [1.165, 1.54) is 19.3 Å². The second-order valence-electron chi connectivity index (χ2n) is 5.03. The lowest BCUT2D eigenvalue weighted by molar-refractivity contribution is 0.158. The minimum atomic E-state index is 0.140. The van der Waals surface area contributed by atoms with E-state index in [1.807, 2.05) is 4.90 Å². The van der Waals surface area contributed by atoms with Gasteiger partial charge in [0, 0.05) is 31.7 Å². The minimum Gasteiger partial charge on any atom is -0.335 e. The minimum absolute atomic E-state index is 0.140. The number of hydrogen-bond donors (Lipinski definition) is 2. The highest BCUT2D eigenvalue weighted by molar-refractivity contribution is 5.75. The Morgan fingerprint density at radius 2 is 2.06 bits per heavy atom. The van der Waals surface area contributed by atoms with Crippen molar-refractivity contribution in [1.82, 2.24) is 15.5 Å². The molecule has 16 heavy (non-hydrogen) atoms. The average Bonchev–Trinajstić information content (AvgIpc) is 2.31. The van der Waals surface area contributed by atoms with E-state index in [1.54, 1.807) is 0 Å². The van der Waals surface area contributed by atoms with Crippen molar-refractivity contribution in [3.63, 3.8) is 0 Å². The van der Waals surface area contributed by atoms with Gasteiger partial charge in [0.25, 0.3) is 0 Å². The van der Waals surface area contributed by atoms with Crippen LogP contribution in [0.1, 0.15) is 39.0 Å². The summed E-state index contributed by atoms with van der Waals surface area (Å²) in [4.78, 5) is 14.0. The molecular formula is C12H23N3O. The highest BCUT2D eigenvalue weighted by Gasteiger charge is 2.25. The van der Waals surface area contributed by atoms with Crippen LogP contribution in [-0.4, -0.2) is 42.6 Å². The summed E-state index contributed by atoms with van der Waals surface area (Å²) in [5, 5.41) is 6.48. The van der Waals surface area contributed by atoms with Gasteiger partial charge in [-0.25, -0.2) is 4.79 Å². The van der Waals surface area contributed by atoms with Gasteiger partial charge in [-0.1, -0.05) is 19.3 Å². The Balaban J connectivity index is 1.81. The first-order chi connectivity index (χ1) is 7.77. The molecule has 0 aromatic carbocycles. The fourth-order valence-corrected chi connectivity index (χ4v) is 2.65. The van der Waals surface area contributed by atoms with E-state index in [0.717, 1.165) is 32.5 Å². The van der Waals surface area contributed by atoms with Crippen molar-refractivity contribution in [1.29, 1.82) is 0 Å². The molecule has 92 valence electrons.